The summed E-state index contributed by atoms with van der Waals surface area (Å²) in [6, 6.07) is 9.74. The summed E-state index contributed by atoms with van der Waals surface area (Å²) in [4.78, 5) is 17.1. The maximum atomic E-state index is 12.5. The normalized spacial score (nSPS) is 23.9. The molecule has 126 valence electrons. The van der Waals surface area contributed by atoms with Crippen molar-refractivity contribution in [3.05, 3.63) is 35.9 Å². The Morgan fingerprint density at radius 1 is 1.13 bits per heavy atom. The van der Waals surface area contributed by atoms with E-state index in [-0.39, 0.29) is 11.9 Å². The number of benzene rings is 1. The lowest BCUT2D eigenvalue weighted by Crippen LogP contribution is -2.36. The Bertz CT molecular complexity index is 499. The molecule has 2 aliphatic heterocycles. The highest BCUT2D eigenvalue weighted by Gasteiger charge is 2.28. The van der Waals surface area contributed by atoms with Crippen molar-refractivity contribution in [2.75, 3.05) is 32.7 Å². The molecule has 4 nitrogen and oxygen atoms in total. The van der Waals surface area contributed by atoms with E-state index in [9.17, 15) is 4.79 Å². The van der Waals surface area contributed by atoms with Gasteiger partial charge in [0, 0.05) is 32.1 Å². The molecule has 3 rings (SSSR count). The average Bonchev–Trinajstić information content (AvgIpc) is 3.05. The Kier molecular flexibility index (Phi) is 5.68. The van der Waals surface area contributed by atoms with Crippen molar-refractivity contribution in [2.24, 2.45) is 11.7 Å². The molecule has 2 saturated heterocycles. The second-order valence-electron chi connectivity index (χ2n) is 7.08. The molecule has 0 saturated carbocycles. The van der Waals surface area contributed by atoms with Gasteiger partial charge in [0.1, 0.15) is 0 Å². The molecular formula is C19H29N3O. The van der Waals surface area contributed by atoms with Crippen molar-refractivity contribution in [3.8, 4) is 0 Å². The van der Waals surface area contributed by atoms with Crippen LogP contribution >= 0.6 is 0 Å². The van der Waals surface area contributed by atoms with Crippen LogP contribution in [0, 0.1) is 5.92 Å². The van der Waals surface area contributed by atoms with Crippen molar-refractivity contribution in [3.63, 3.8) is 0 Å². The van der Waals surface area contributed by atoms with E-state index in [4.69, 9.17) is 5.73 Å². The maximum Gasteiger partial charge on any atom is 0.224 e. The van der Waals surface area contributed by atoms with Crippen LogP contribution in [0.15, 0.2) is 30.3 Å². The van der Waals surface area contributed by atoms with E-state index in [1.54, 1.807) is 0 Å². The van der Waals surface area contributed by atoms with Gasteiger partial charge >= 0.3 is 0 Å². The third kappa shape index (κ3) is 4.55. The first kappa shape index (κ1) is 16.5. The predicted molar refractivity (Wildman–Crippen MR) is 93.0 cm³/mol. The molecule has 1 aromatic carbocycles. The summed E-state index contributed by atoms with van der Waals surface area (Å²) < 4.78 is 0. The molecule has 4 heteroatoms. The standard InChI is InChI=1S/C19H29N3O/c20-18(17-7-3-1-4-8-17)13-19(23)22-12-9-16(15-22)14-21-10-5-2-6-11-21/h1,3-4,7-8,16,18H,2,5-6,9-15,20H2. The van der Waals surface area contributed by atoms with Gasteiger partial charge in [-0.05, 0) is 43.8 Å². The van der Waals surface area contributed by atoms with Crippen molar-refractivity contribution in [1.29, 1.82) is 0 Å². The number of likely N-dealkylation sites (tertiary alicyclic amines) is 2. The molecule has 0 aromatic heterocycles. The van der Waals surface area contributed by atoms with Crippen molar-refractivity contribution < 1.29 is 4.79 Å². The molecule has 2 atom stereocenters. The molecule has 0 bridgehead atoms. The molecule has 2 heterocycles. The van der Waals surface area contributed by atoms with Gasteiger partial charge in [-0.1, -0.05) is 36.8 Å². The summed E-state index contributed by atoms with van der Waals surface area (Å²) in [6.07, 6.45) is 5.61. The van der Waals surface area contributed by atoms with Crippen LogP contribution in [0.25, 0.3) is 0 Å². The number of hydrogen-bond donors (Lipinski definition) is 1. The highest BCUT2D eigenvalue weighted by molar-refractivity contribution is 5.77. The minimum Gasteiger partial charge on any atom is -0.342 e. The second-order valence-corrected chi connectivity index (χ2v) is 7.08. The third-order valence-corrected chi connectivity index (χ3v) is 5.23. The minimum atomic E-state index is -0.190. The fourth-order valence-electron chi connectivity index (χ4n) is 3.85. The minimum absolute atomic E-state index is 0.190. The lowest BCUT2D eigenvalue weighted by Gasteiger charge is -2.29. The van der Waals surface area contributed by atoms with Crippen LogP contribution in [-0.2, 0) is 4.79 Å². The van der Waals surface area contributed by atoms with Crippen LogP contribution in [0.1, 0.15) is 43.7 Å². The van der Waals surface area contributed by atoms with Gasteiger partial charge < -0.3 is 15.5 Å². The van der Waals surface area contributed by atoms with E-state index in [0.717, 1.165) is 31.6 Å². The molecule has 1 aromatic rings. The number of nitrogens with zero attached hydrogens (tertiary/aromatic N) is 2. The predicted octanol–water partition coefficient (Wildman–Crippen LogP) is 2.41. The van der Waals surface area contributed by atoms with Gasteiger partial charge in [-0.25, -0.2) is 0 Å². The first-order valence-corrected chi connectivity index (χ1v) is 9.03. The molecule has 0 radical (unpaired) electrons. The largest absolute Gasteiger partial charge is 0.342 e. The van der Waals surface area contributed by atoms with Gasteiger partial charge in [-0.15, -0.1) is 0 Å². The second kappa shape index (κ2) is 7.93. The van der Waals surface area contributed by atoms with E-state index < -0.39 is 0 Å². The molecule has 0 spiro atoms. The van der Waals surface area contributed by atoms with Gasteiger partial charge in [-0.2, -0.15) is 0 Å². The van der Waals surface area contributed by atoms with Crippen molar-refractivity contribution in [2.45, 2.75) is 38.1 Å². The smallest absolute Gasteiger partial charge is 0.224 e. The van der Waals surface area contributed by atoms with Crippen LogP contribution in [0.2, 0.25) is 0 Å². The van der Waals surface area contributed by atoms with E-state index in [0.29, 0.717) is 12.3 Å². The number of amides is 1. The lowest BCUT2D eigenvalue weighted by molar-refractivity contribution is -0.130. The van der Waals surface area contributed by atoms with Gasteiger partial charge in [-0.3, -0.25) is 4.79 Å². The van der Waals surface area contributed by atoms with E-state index in [2.05, 4.69) is 4.90 Å². The third-order valence-electron chi connectivity index (χ3n) is 5.23. The maximum absolute atomic E-state index is 12.5. The summed E-state index contributed by atoms with van der Waals surface area (Å²) in [5, 5.41) is 0. The van der Waals surface area contributed by atoms with Crippen LogP contribution < -0.4 is 5.73 Å². The molecule has 2 fully saturated rings. The summed E-state index contributed by atoms with van der Waals surface area (Å²) in [5.41, 5.74) is 7.24. The molecule has 0 aliphatic carbocycles. The molecule has 2 aliphatic rings. The first-order valence-electron chi connectivity index (χ1n) is 9.03. The average molecular weight is 315 g/mol. The molecule has 23 heavy (non-hydrogen) atoms. The number of rotatable bonds is 5. The van der Waals surface area contributed by atoms with Crippen molar-refractivity contribution in [1.82, 2.24) is 9.80 Å². The molecular weight excluding hydrogens is 286 g/mol. The Hall–Kier alpha value is -1.39. The monoisotopic (exact) mass is 315 g/mol. The van der Waals surface area contributed by atoms with E-state index in [1.807, 2.05) is 35.2 Å². The zero-order valence-corrected chi connectivity index (χ0v) is 14.0. The van der Waals surface area contributed by atoms with Gasteiger partial charge in [0.15, 0.2) is 0 Å². The van der Waals surface area contributed by atoms with Gasteiger partial charge in [0.2, 0.25) is 5.91 Å². The van der Waals surface area contributed by atoms with Crippen LogP contribution in [0.5, 0.6) is 0 Å². The summed E-state index contributed by atoms with van der Waals surface area (Å²) in [5.74, 6) is 0.854. The SMILES string of the molecule is NC(CC(=O)N1CCC(CN2CCCCC2)C1)c1ccccc1. The van der Waals surface area contributed by atoms with E-state index >= 15 is 0 Å². The summed E-state index contributed by atoms with van der Waals surface area (Å²) in [7, 11) is 0. The number of carbonyl (C=O) groups is 1. The number of hydrogen-bond acceptors (Lipinski definition) is 3. The summed E-state index contributed by atoms with van der Waals surface area (Å²) in [6.45, 7) is 5.46. The number of nitrogens with two attached hydrogens (primary N) is 1. The van der Waals surface area contributed by atoms with Crippen molar-refractivity contribution >= 4 is 5.91 Å². The van der Waals surface area contributed by atoms with E-state index in [1.165, 1.54) is 32.4 Å². The van der Waals surface area contributed by atoms with Crippen LogP contribution in [-0.4, -0.2) is 48.4 Å². The quantitative estimate of drug-likeness (QED) is 0.908. The molecule has 1 amide bonds. The lowest BCUT2D eigenvalue weighted by atomic mass is 10.0. The zero-order valence-electron chi connectivity index (χ0n) is 14.0. The fourth-order valence-corrected chi connectivity index (χ4v) is 3.85. The highest BCUT2D eigenvalue weighted by Crippen LogP contribution is 2.22. The highest BCUT2D eigenvalue weighted by atomic mass is 16.2. The Morgan fingerprint density at radius 2 is 1.87 bits per heavy atom. The Labute approximate surface area is 139 Å². The Balaban J connectivity index is 1.45. The van der Waals surface area contributed by atoms with Crippen LogP contribution in [0.3, 0.4) is 0 Å². The van der Waals surface area contributed by atoms with Crippen LogP contribution in [0.4, 0.5) is 0 Å². The first-order chi connectivity index (χ1) is 11.2. The Morgan fingerprint density at radius 3 is 2.61 bits per heavy atom. The number of carbonyl (C=O) groups excluding carboxylic acids is 1. The number of piperidine rings is 1. The van der Waals surface area contributed by atoms with Gasteiger partial charge in [0.05, 0.1) is 0 Å². The summed E-state index contributed by atoms with van der Waals surface area (Å²) >= 11 is 0. The zero-order chi connectivity index (χ0) is 16.1. The topological polar surface area (TPSA) is 49.6 Å². The van der Waals surface area contributed by atoms with Gasteiger partial charge in [0.25, 0.3) is 0 Å². The fraction of sp³-hybridized carbons (Fsp3) is 0.632. The molecule has 2 unspecified atom stereocenters. The molecule has 2 N–H and O–H groups in total.